The van der Waals surface area contributed by atoms with Gasteiger partial charge in [-0.1, -0.05) is 48.0 Å². The Morgan fingerprint density at radius 1 is 1.00 bits per heavy atom. The van der Waals surface area contributed by atoms with Crippen LogP contribution in [0.2, 0.25) is 18.1 Å². The van der Waals surface area contributed by atoms with Crippen molar-refractivity contribution in [1.82, 2.24) is 0 Å². The van der Waals surface area contributed by atoms with Crippen LogP contribution in [0.3, 0.4) is 0 Å². The minimum atomic E-state index is -1.74. The van der Waals surface area contributed by atoms with Crippen LogP contribution in [0.1, 0.15) is 100 Å². The Morgan fingerprint density at radius 2 is 1.63 bits per heavy atom. The fourth-order valence-electron chi connectivity index (χ4n) is 6.14. The van der Waals surface area contributed by atoms with Gasteiger partial charge in [0.1, 0.15) is 0 Å². The topological polar surface area (TPSA) is 38.7 Å². The van der Waals surface area contributed by atoms with Crippen molar-refractivity contribution in [3.05, 3.63) is 0 Å². The molecular weight excluding hydrogens is 388 g/mol. The zero-order valence-electron chi connectivity index (χ0n) is 21.9. The number of hydrogen-bond acceptors (Lipinski definition) is 3. The van der Waals surface area contributed by atoms with E-state index in [2.05, 4.69) is 54.6 Å². The first-order valence-electron chi connectivity index (χ1n) is 12.5. The summed E-state index contributed by atoms with van der Waals surface area (Å²) in [7, 11) is -1.74. The normalized spacial score (nSPS) is 31.1. The van der Waals surface area contributed by atoms with E-state index in [0.717, 1.165) is 26.1 Å². The van der Waals surface area contributed by atoms with E-state index in [1.54, 1.807) is 0 Å². The molecule has 2 aliphatic rings. The summed E-state index contributed by atoms with van der Waals surface area (Å²) < 4.78 is 13.2. The maximum Gasteiger partial charge on any atom is 0.192 e. The van der Waals surface area contributed by atoms with Crippen molar-refractivity contribution >= 4 is 8.32 Å². The van der Waals surface area contributed by atoms with Crippen LogP contribution in [0.5, 0.6) is 0 Å². The first-order valence-corrected chi connectivity index (χ1v) is 15.4. The third-order valence-electron chi connectivity index (χ3n) is 8.81. The highest BCUT2D eigenvalue weighted by Gasteiger charge is 2.56. The van der Waals surface area contributed by atoms with Crippen LogP contribution in [0, 0.1) is 22.7 Å². The highest BCUT2D eigenvalue weighted by atomic mass is 28.4. The van der Waals surface area contributed by atoms with Gasteiger partial charge in [-0.15, -0.1) is 0 Å². The van der Waals surface area contributed by atoms with Gasteiger partial charge in [-0.2, -0.15) is 0 Å². The van der Waals surface area contributed by atoms with Crippen molar-refractivity contribution in [3.63, 3.8) is 0 Å². The van der Waals surface area contributed by atoms with E-state index >= 15 is 0 Å². The SMILES string of the molecule is CC(C)(O)CCCOCC(C)(C)C1CCC2C(O[Si](C)(C)C(C)(C)C)CCCC21C. The molecule has 0 radical (unpaired) electrons. The van der Waals surface area contributed by atoms with Gasteiger partial charge in [-0.05, 0) is 93.2 Å². The number of hydrogen-bond donors (Lipinski definition) is 1. The molecule has 0 aromatic rings. The molecule has 0 aromatic heterocycles. The third kappa shape index (κ3) is 6.11. The average Bonchev–Trinajstić information content (AvgIpc) is 2.91. The molecule has 4 heteroatoms. The van der Waals surface area contributed by atoms with Gasteiger partial charge in [0.2, 0.25) is 0 Å². The van der Waals surface area contributed by atoms with Crippen molar-refractivity contribution in [2.24, 2.45) is 22.7 Å². The molecule has 0 saturated heterocycles. The lowest BCUT2D eigenvalue weighted by molar-refractivity contribution is -0.0624. The molecule has 1 N–H and O–H groups in total. The number of fused-ring (bicyclic) bond motifs is 1. The first-order chi connectivity index (χ1) is 13.5. The van der Waals surface area contributed by atoms with E-state index in [0.29, 0.717) is 23.4 Å². The van der Waals surface area contributed by atoms with Crippen molar-refractivity contribution in [1.29, 1.82) is 0 Å². The molecule has 3 nitrogen and oxygen atoms in total. The van der Waals surface area contributed by atoms with Gasteiger partial charge < -0.3 is 14.3 Å². The van der Waals surface area contributed by atoms with Crippen LogP contribution in [0.15, 0.2) is 0 Å². The zero-order valence-corrected chi connectivity index (χ0v) is 22.9. The summed E-state index contributed by atoms with van der Waals surface area (Å²) >= 11 is 0. The van der Waals surface area contributed by atoms with E-state index in [-0.39, 0.29) is 10.5 Å². The molecule has 2 aliphatic carbocycles. The largest absolute Gasteiger partial charge is 0.414 e. The van der Waals surface area contributed by atoms with Crippen LogP contribution < -0.4 is 0 Å². The van der Waals surface area contributed by atoms with Crippen LogP contribution in [0.4, 0.5) is 0 Å². The summed E-state index contributed by atoms with van der Waals surface area (Å²) in [5.41, 5.74) is -0.0470. The van der Waals surface area contributed by atoms with Gasteiger partial charge >= 0.3 is 0 Å². The van der Waals surface area contributed by atoms with Crippen LogP contribution in [-0.2, 0) is 9.16 Å². The van der Waals surface area contributed by atoms with E-state index in [4.69, 9.17) is 9.16 Å². The maximum atomic E-state index is 9.90. The van der Waals surface area contributed by atoms with Crippen molar-refractivity contribution in [3.8, 4) is 0 Å². The number of ether oxygens (including phenoxy) is 1. The predicted molar refractivity (Wildman–Crippen MR) is 130 cm³/mol. The molecule has 2 rings (SSSR count). The minimum absolute atomic E-state index is 0.178. The van der Waals surface area contributed by atoms with Crippen molar-refractivity contribution in [2.75, 3.05) is 13.2 Å². The van der Waals surface area contributed by atoms with Crippen molar-refractivity contribution < 1.29 is 14.3 Å². The zero-order chi connectivity index (χ0) is 23.0. The van der Waals surface area contributed by atoms with Gasteiger partial charge in [0.05, 0.1) is 12.2 Å². The fraction of sp³-hybridized carbons (Fsp3) is 1.00. The Hall–Kier alpha value is 0.0969. The summed E-state index contributed by atoms with van der Waals surface area (Å²) in [6.07, 6.45) is 8.65. The summed E-state index contributed by atoms with van der Waals surface area (Å²) in [6, 6.07) is 0. The first kappa shape index (κ1) is 26.4. The van der Waals surface area contributed by atoms with Gasteiger partial charge in [-0.25, -0.2) is 0 Å². The second-order valence-electron chi connectivity index (χ2n) is 13.5. The van der Waals surface area contributed by atoms with Crippen LogP contribution >= 0.6 is 0 Å². The molecular formula is C26H52O3Si. The lowest BCUT2D eigenvalue weighted by Crippen LogP contribution is -2.51. The maximum absolute atomic E-state index is 9.90. The van der Waals surface area contributed by atoms with Crippen LogP contribution in [0.25, 0.3) is 0 Å². The molecule has 0 heterocycles. The average molecular weight is 441 g/mol. The molecule has 4 unspecified atom stereocenters. The molecule has 2 saturated carbocycles. The Bertz CT molecular complexity index is 558. The highest BCUT2D eigenvalue weighted by Crippen LogP contribution is 2.61. The van der Waals surface area contributed by atoms with Gasteiger partial charge in [0, 0.05) is 12.7 Å². The monoisotopic (exact) mass is 440 g/mol. The van der Waals surface area contributed by atoms with E-state index in [9.17, 15) is 5.11 Å². The van der Waals surface area contributed by atoms with E-state index in [1.807, 2.05) is 13.8 Å². The molecule has 30 heavy (non-hydrogen) atoms. The molecule has 0 aromatic carbocycles. The van der Waals surface area contributed by atoms with E-state index in [1.165, 1.54) is 32.1 Å². The molecule has 0 aliphatic heterocycles. The minimum Gasteiger partial charge on any atom is -0.414 e. The quantitative estimate of drug-likeness (QED) is 0.304. The molecule has 2 fully saturated rings. The number of rotatable bonds is 9. The lowest BCUT2D eigenvalue weighted by Gasteiger charge is -2.51. The van der Waals surface area contributed by atoms with E-state index < -0.39 is 13.9 Å². The Labute approximate surface area is 188 Å². The highest BCUT2D eigenvalue weighted by molar-refractivity contribution is 6.74. The second-order valence-corrected chi connectivity index (χ2v) is 18.3. The smallest absolute Gasteiger partial charge is 0.192 e. The van der Waals surface area contributed by atoms with Gasteiger partial charge in [0.25, 0.3) is 0 Å². The number of aliphatic hydroxyl groups is 1. The van der Waals surface area contributed by atoms with Gasteiger partial charge in [-0.3, -0.25) is 0 Å². The Morgan fingerprint density at radius 3 is 2.20 bits per heavy atom. The molecule has 0 bridgehead atoms. The molecule has 0 amide bonds. The summed E-state index contributed by atoms with van der Waals surface area (Å²) in [5, 5.41) is 10.2. The molecule has 0 spiro atoms. The molecule has 178 valence electrons. The van der Waals surface area contributed by atoms with Crippen LogP contribution in [-0.4, -0.2) is 38.3 Å². The fourth-order valence-corrected chi connectivity index (χ4v) is 7.53. The summed E-state index contributed by atoms with van der Waals surface area (Å²) in [6.45, 7) is 24.6. The summed E-state index contributed by atoms with van der Waals surface area (Å²) in [5.74, 6) is 1.38. The Balaban J connectivity index is 2.01. The summed E-state index contributed by atoms with van der Waals surface area (Å²) in [4.78, 5) is 0. The lowest BCUT2D eigenvalue weighted by atomic mass is 9.58. The predicted octanol–water partition coefficient (Wildman–Crippen LogP) is 7.19. The second kappa shape index (κ2) is 9.15. The van der Waals surface area contributed by atoms with Crippen molar-refractivity contribution in [2.45, 2.75) is 130 Å². The standard InChI is InChI=1S/C26H52O3Si/c1-23(2,3)30(9,10)29-21-13-11-17-26(8)20(21)14-15-22(26)24(4,5)19-28-18-12-16-25(6,7)27/h20-22,27H,11-19H2,1-10H3. The Kier molecular flexibility index (Phi) is 8.04. The third-order valence-corrected chi connectivity index (χ3v) is 13.3. The van der Waals surface area contributed by atoms with Gasteiger partial charge in [0.15, 0.2) is 8.32 Å². The molecule has 4 atom stereocenters.